The molecule has 1 N–H and O–H groups in total. The van der Waals surface area contributed by atoms with E-state index in [0.717, 1.165) is 18.8 Å². The summed E-state index contributed by atoms with van der Waals surface area (Å²) in [6, 6.07) is 7.63. The minimum Gasteiger partial charge on any atom is -0.492 e. The normalized spacial score (nSPS) is 19.4. The number of anilines is 1. The Kier molecular flexibility index (Phi) is 6.84. The van der Waals surface area contributed by atoms with Crippen LogP contribution in [0.25, 0.3) is 0 Å². The maximum absolute atomic E-state index is 11.6. The number of carbonyl (C=O) groups is 1. The minimum absolute atomic E-state index is 0.554. The molecule has 1 saturated heterocycles. The van der Waals surface area contributed by atoms with E-state index >= 15 is 0 Å². The van der Waals surface area contributed by atoms with E-state index in [0.29, 0.717) is 18.3 Å². The molecule has 0 saturated carbocycles. The van der Waals surface area contributed by atoms with E-state index in [4.69, 9.17) is 39.5 Å². The first-order valence-corrected chi connectivity index (χ1v) is 8.85. The zero-order valence-corrected chi connectivity index (χ0v) is 15.3. The Morgan fingerprint density at radius 1 is 1.30 bits per heavy atom. The van der Waals surface area contributed by atoms with Gasteiger partial charge in [0.1, 0.15) is 12.4 Å². The summed E-state index contributed by atoms with van der Waals surface area (Å²) in [6.45, 7) is 4.98. The van der Waals surface area contributed by atoms with Crippen LogP contribution < -0.4 is 10.1 Å². The Balaban J connectivity index is 1.77. The fourth-order valence-electron chi connectivity index (χ4n) is 2.61. The number of nitrogens with zero attached hydrogens (tertiary/aromatic N) is 1. The number of alkyl halides is 3. The molecule has 1 amide bonds. The smallest absolute Gasteiger partial charge is 0.276 e. The lowest BCUT2D eigenvalue weighted by Gasteiger charge is -2.33. The molecule has 1 aliphatic heterocycles. The van der Waals surface area contributed by atoms with Gasteiger partial charge >= 0.3 is 0 Å². The number of amides is 1. The van der Waals surface area contributed by atoms with Crippen molar-refractivity contribution in [1.29, 1.82) is 0 Å². The van der Waals surface area contributed by atoms with E-state index < -0.39 is 9.70 Å². The second-order valence-corrected chi connectivity index (χ2v) is 7.99. The summed E-state index contributed by atoms with van der Waals surface area (Å²) in [7, 11) is 0. The molecule has 0 radical (unpaired) electrons. The van der Waals surface area contributed by atoms with Crippen molar-refractivity contribution in [2.45, 2.75) is 36.0 Å². The van der Waals surface area contributed by atoms with E-state index in [1.807, 2.05) is 0 Å². The number of benzene rings is 1. The molecule has 23 heavy (non-hydrogen) atoms. The first kappa shape index (κ1) is 18.7. The van der Waals surface area contributed by atoms with Crippen LogP contribution in [0.15, 0.2) is 24.3 Å². The third kappa shape index (κ3) is 6.03. The number of halogens is 3. The summed E-state index contributed by atoms with van der Waals surface area (Å²) in [5, 5.41) is 2.52. The maximum atomic E-state index is 11.6. The number of hydrogen-bond acceptors (Lipinski definition) is 3. The number of piperidine rings is 1. The summed E-state index contributed by atoms with van der Waals surface area (Å²) in [4.78, 5) is 14.0. The van der Waals surface area contributed by atoms with Crippen LogP contribution in [0, 0.1) is 0 Å². The summed E-state index contributed by atoms with van der Waals surface area (Å²) in [5.41, 5.74) is 0.554. The van der Waals surface area contributed by atoms with Crippen LogP contribution in [0.2, 0.25) is 0 Å². The molecule has 0 unspecified atom stereocenters. The first-order valence-electron chi connectivity index (χ1n) is 7.71. The highest BCUT2D eigenvalue weighted by Crippen LogP contribution is 2.28. The van der Waals surface area contributed by atoms with Gasteiger partial charge < -0.3 is 10.1 Å². The van der Waals surface area contributed by atoms with Gasteiger partial charge in [0.25, 0.3) is 9.70 Å². The molecule has 2 rings (SSSR count). The summed E-state index contributed by atoms with van der Waals surface area (Å²) >= 11 is 16.5. The van der Waals surface area contributed by atoms with Gasteiger partial charge in [-0.05, 0) is 50.6 Å². The molecule has 0 aliphatic carbocycles. The molecule has 1 aliphatic rings. The first-order chi connectivity index (χ1) is 10.9. The second kappa shape index (κ2) is 8.43. The van der Waals surface area contributed by atoms with Crippen molar-refractivity contribution in [2.75, 3.05) is 25.0 Å². The van der Waals surface area contributed by atoms with Crippen LogP contribution in [0.3, 0.4) is 0 Å². The van der Waals surface area contributed by atoms with E-state index in [9.17, 15) is 4.79 Å². The van der Waals surface area contributed by atoms with Crippen molar-refractivity contribution >= 4 is 46.4 Å². The van der Waals surface area contributed by atoms with Crippen LogP contribution in [-0.2, 0) is 4.79 Å². The van der Waals surface area contributed by atoms with Crippen molar-refractivity contribution in [2.24, 2.45) is 0 Å². The number of hydrogen-bond donors (Lipinski definition) is 1. The molecule has 1 fully saturated rings. The molecule has 0 aromatic heterocycles. The molecule has 1 atom stereocenters. The van der Waals surface area contributed by atoms with E-state index in [2.05, 4.69) is 17.1 Å². The zero-order valence-electron chi connectivity index (χ0n) is 13.0. The van der Waals surface area contributed by atoms with Gasteiger partial charge in [-0.1, -0.05) is 41.2 Å². The molecule has 1 heterocycles. The predicted octanol–water partition coefficient (Wildman–Crippen LogP) is 4.25. The standard InChI is InChI=1S/C16H21Cl3N2O2/c1-12-4-2-3-9-21(12)10-11-23-14-7-5-13(6-8-14)20-15(22)16(17,18)19/h5-8,12H,2-4,9-11H2,1H3,(H,20,22)/t12-/m1/s1. The molecule has 4 nitrogen and oxygen atoms in total. The average molecular weight is 380 g/mol. The van der Waals surface area contributed by atoms with E-state index in [1.54, 1.807) is 24.3 Å². The van der Waals surface area contributed by atoms with E-state index in [-0.39, 0.29) is 0 Å². The molecule has 128 valence electrons. The van der Waals surface area contributed by atoms with Gasteiger partial charge in [0, 0.05) is 18.3 Å². The van der Waals surface area contributed by atoms with E-state index in [1.165, 1.54) is 19.3 Å². The Bertz CT molecular complexity index is 517. The van der Waals surface area contributed by atoms with Gasteiger partial charge in [-0.15, -0.1) is 0 Å². The molecule has 1 aromatic carbocycles. The summed E-state index contributed by atoms with van der Waals surface area (Å²) in [6.07, 6.45) is 3.85. The maximum Gasteiger partial charge on any atom is 0.276 e. The molecule has 1 aromatic rings. The fourth-order valence-corrected chi connectivity index (χ4v) is 2.75. The molecule has 0 bridgehead atoms. The van der Waals surface area contributed by atoms with Crippen LogP contribution in [-0.4, -0.2) is 40.3 Å². The van der Waals surface area contributed by atoms with Crippen molar-refractivity contribution in [1.82, 2.24) is 4.90 Å². The van der Waals surface area contributed by atoms with Crippen molar-refractivity contribution in [3.63, 3.8) is 0 Å². The minimum atomic E-state index is -1.97. The Morgan fingerprint density at radius 2 is 2.00 bits per heavy atom. The van der Waals surface area contributed by atoms with Crippen LogP contribution in [0.4, 0.5) is 5.69 Å². The third-order valence-electron chi connectivity index (χ3n) is 3.96. The number of nitrogens with one attached hydrogen (secondary N) is 1. The lowest BCUT2D eigenvalue weighted by atomic mass is 10.0. The second-order valence-electron chi connectivity index (χ2n) is 5.71. The van der Waals surface area contributed by atoms with Gasteiger partial charge in [-0.25, -0.2) is 0 Å². The van der Waals surface area contributed by atoms with Gasteiger partial charge in [-0.3, -0.25) is 9.69 Å². The number of likely N-dealkylation sites (tertiary alicyclic amines) is 1. The van der Waals surface area contributed by atoms with Crippen molar-refractivity contribution in [3.8, 4) is 5.75 Å². The Morgan fingerprint density at radius 3 is 2.61 bits per heavy atom. The van der Waals surface area contributed by atoms with Gasteiger partial charge in [-0.2, -0.15) is 0 Å². The molecular weight excluding hydrogens is 359 g/mol. The van der Waals surface area contributed by atoms with Crippen LogP contribution >= 0.6 is 34.8 Å². The zero-order chi connectivity index (χ0) is 16.9. The average Bonchev–Trinajstić information content (AvgIpc) is 2.50. The molecule has 0 spiro atoms. The highest BCUT2D eigenvalue weighted by atomic mass is 35.6. The SMILES string of the molecule is C[C@@H]1CCCCN1CCOc1ccc(NC(=O)C(Cl)(Cl)Cl)cc1. The highest BCUT2D eigenvalue weighted by molar-refractivity contribution is 6.76. The van der Waals surface area contributed by atoms with Gasteiger partial charge in [0.2, 0.25) is 0 Å². The van der Waals surface area contributed by atoms with Crippen LogP contribution in [0.1, 0.15) is 26.2 Å². The Hall–Kier alpha value is -0.680. The van der Waals surface area contributed by atoms with Crippen molar-refractivity contribution < 1.29 is 9.53 Å². The van der Waals surface area contributed by atoms with Crippen molar-refractivity contribution in [3.05, 3.63) is 24.3 Å². The molecular formula is C16H21Cl3N2O2. The largest absolute Gasteiger partial charge is 0.492 e. The quantitative estimate of drug-likeness (QED) is 0.778. The third-order valence-corrected chi connectivity index (χ3v) is 4.47. The topological polar surface area (TPSA) is 41.6 Å². The Labute approximate surface area is 152 Å². The number of rotatable bonds is 5. The summed E-state index contributed by atoms with van der Waals surface area (Å²) in [5.74, 6) is 0.0665. The monoisotopic (exact) mass is 378 g/mol. The molecule has 7 heteroatoms. The lowest BCUT2D eigenvalue weighted by Crippen LogP contribution is -2.39. The predicted molar refractivity (Wildman–Crippen MR) is 95.7 cm³/mol. The number of carbonyl (C=O) groups excluding carboxylic acids is 1. The highest BCUT2D eigenvalue weighted by Gasteiger charge is 2.30. The fraction of sp³-hybridized carbons (Fsp3) is 0.562. The van der Waals surface area contributed by atoms with Crippen LogP contribution in [0.5, 0.6) is 5.75 Å². The number of ether oxygens (including phenoxy) is 1. The van der Waals surface area contributed by atoms with Gasteiger partial charge in [0.15, 0.2) is 0 Å². The van der Waals surface area contributed by atoms with Gasteiger partial charge in [0.05, 0.1) is 0 Å². The summed E-state index contributed by atoms with van der Waals surface area (Å²) < 4.78 is 3.78. The lowest BCUT2D eigenvalue weighted by molar-refractivity contribution is -0.115.